The standard InChI is InChI=1S/C29H41BF3NO4Si/c1-19(29(31,32)33)20-14-16-21(17-15-20)25(35)34-24-13-11-12-23(30-37-27(5,6)28(7,8)38-30)22(24)18-36-39(9,10)26(2,3)4/h11-17,19H,18H2,1-10H3,(H,34,35). The first kappa shape index (κ1) is 31.4. The zero-order valence-electron chi connectivity index (χ0n) is 24.7. The molecular weight excluding hydrogens is 522 g/mol. The molecular formula is C29H41BF3NO4Si. The number of alkyl halides is 3. The Bertz CT molecular complexity index is 1170. The second kappa shape index (κ2) is 10.7. The zero-order valence-corrected chi connectivity index (χ0v) is 25.7. The summed E-state index contributed by atoms with van der Waals surface area (Å²) in [4.78, 5) is 13.2. The van der Waals surface area contributed by atoms with Crippen molar-refractivity contribution in [2.45, 2.75) is 103 Å². The highest BCUT2D eigenvalue weighted by Gasteiger charge is 2.52. The van der Waals surface area contributed by atoms with Crippen LogP contribution in [0.5, 0.6) is 0 Å². The van der Waals surface area contributed by atoms with E-state index in [9.17, 15) is 18.0 Å². The van der Waals surface area contributed by atoms with Gasteiger partial charge in [-0.15, -0.1) is 0 Å². The lowest BCUT2D eigenvalue weighted by Crippen LogP contribution is -2.42. The van der Waals surface area contributed by atoms with Crippen LogP contribution >= 0.6 is 0 Å². The van der Waals surface area contributed by atoms with Crippen molar-refractivity contribution in [2.24, 2.45) is 0 Å². The van der Waals surface area contributed by atoms with E-state index in [4.69, 9.17) is 13.7 Å². The van der Waals surface area contributed by atoms with E-state index in [1.54, 1.807) is 6.07 Å². The fourth-order valence-corrected chi connectivity index (χ4v) is 4.79. The maximum Gasteiger partial charge on any atom is 0.495 e. The molecule has 0 saturated carbocycles. The zero-order chi connectivity index (χ0) is 29.6. The van der Waals surface area contributed by atoms with Gasteiger partial charge in [-0.3, -0.25) is 4.79 Å². The summed E-state index contributed by atoms with van der Waals surface area (Å²) in [5.41, 5.74) is 1.30. The summed E-state index contributed by atoms with van der Waals surface area (Å²) in [6.07, 6.45) is -4.35. The van der Waals surface area contributed by atoms with E-state index < -0.39 is 44.6 Å². The number of nitrogens with one attached hydrogen (secondary N) is 1. The maximum absolute atomic E-state index is 13.2. The van der Waals surface area contributed by atoms with E-state index >= 15 is 0 Å². The third-order valence-corrected chi connectivity index (χ3v) is 13.0. The lowest BCUT2D eigenvalue weighted by molar-refractivity contribution is -0.146. The van der Waals surface area contributed by atoms with Gasteiger partial charge < -0.3 is 19.1 Å². The molecule has 1 N–H and O–H groups in total. The van der Waals surface area contributed by atoms with Gasteiger partial charge in [0.1, 0.15) is 0 Å². The average molecular weight is 564 g/mol. The van der Waals surface area contributed by atoms with Crippen LogP contribution in [0.2, 0.25) is 18.1 Å². The number of hydrogen-bond acceptors (Lipinski definition) is 4. The van der Waals surface area contributed by atoms with Crippen LogP contribution in [-0.2, 0) is 20.3 Å². The van der Waals surface area contributed by atoms with Crippen LogP contribution in [0.25, 0.3) is 0 Å². The van der Waals surface area contributed by atoms with Gasteiger partial charge in [0.05, 0.1) is 23.7 Å². The molecule has 10 heteroatoms. The number of carbonyl (C=O) groups is 1. The van der Waals surface area contributed by atoms with Crippen LogP contribution < -0.4 is 10.8 Å². The maximum atomic E-state index is 13.2. The van der Waals surface area contributed by atoms with Crippen LogP contribution in [-0.4, -0.2) is 38.7 Å². The Morgan fingerprint density at radius 2 is 1.54 bits per heavy atom. The highest BCUT2D eigenvalue weighted by atomic mass is 28.4. The van der Waals surface area contributed by atoms with Crippen molar-refractivity contribution < 1.29 is 31.7 Å². The van der Waals surface area contributed by atoms with Gasteiger partial charge in [-0.25, -0.2) is 0 Å². The SMILES string of the molecule is CC(c1ccc(C(=O)Nc2cccc(B3OC(C)(C)C(C)(C)O3)c2CO[Si](C)(C)C(C)(C)C)cc1)C(F)(F)F. The molecule has 2 aromatic carbocycles. The Morgan fingerprint density at radius 3 is 2.03 bits per heavy atom. The summed E-state index contributed by atoms with van der Waals surface area (Å²) in [7, 11) is -2.81. The second-order valence-electron chi connectivity index (χ2n) is 12.9. The van der Waals surface area contributed by atoms with Crippen LogP contribution in [0.15, 0.2) is 42.5 Å². The van der Waals surface area contributed by atoms with Crippen molar-refractivity contribution in [3.05, 3.63) is 59.2 Å². The largest absolute Gasteiger partial charge is 0.495 e. The molecule has 2 aromatic rings. The van der Waals surface area contributed by atoms with Crippen molar-refractivity contribution in [2.75, 3.05) is 5.32 Å². The van der Waals surface area contributed by atoms with E-state index in [0.717, 1.165) is 17.9 Å². The number of anilines is 1. The molecule has 1 saturated heterocycles. The summed E-state index contributed by atoms with van der Waals surface area (Å²) < 4.78 is 58.5. The topological polar surface area (TPSA) is 56.8 Å². The second-order valence-corrected chi connectivity index (χ2v) is 17.7. The van der Waals surface area contributed by atoms with Gasteiger partial charge in [-0.1, -0.05) is 45.0 Å². The van der Waals surface area contributed by atoms with Gasteiger partial charge in [0.2, 0.25) is 0 Å². The summed E-state index contributed by atoms with van der Waals surface area (Å²) in [6.45, 7) is 20.1. The van der Waals surface area contributed by atoms with Gasteiger partial charge in [0, 0.05) is 11.3 Å². The fraction of sp³-hybridized carbons (Fsp3) is 0.552. The number of halogens is 3. The molecule has 39 heavy (non-hydrogen) atoms. The van der Waals surface area contributed by atoms with E-state index in [2.05, 4.69) is 39.2 Å². The summed E-state index contributed by atoms with van der Waals surface area (Å²) in [5.74, 6) is -2.05. The van der Waals surface area contributed by atoms with Crippen molar-refractivity contribution >= 4 is 32.5 Å². The summed E-state index contributed by atoms with van der Waals surface area (Å²) >= 11 is 0. The first-order chi connectivity index (χ1) is 17.7. The van der Waals surface area contributed by atoms with E-state index in [1.807, 2.05) is 39.8 Å². The van der Waals surface area contributed by atoms with E-state index in [0.29, 0.717) is 5.69 Å². The number of amides is 1. The normalized spacial score (nSPS) is 18.2. The molecule has 0 radical (unpaired) electrons. The molecule has 1 unspecified atom stereocenters. The quantitative estimate of drug-likeness (QED) is 0.356. The number of hydrogen-bond donors (Lipinski definition) is 1. The molecule has 1 heterocycles. The minimum atomic E-state index is -4.35. The molecule has 0 aliphatic carbocycles. The smallest absolute Gasteiger partial charge is 0.412 e. The molecule has 1 fully saturated rings. The lowest BCUT2D eigenvalue weighted by Gasteiger charge is -2.36. The Labute approximate surface area is 232 Å². The molecule has 0 aromatic heterocycles. The number of benzene rings is 2. The van der Waals surface area contributed by atoms with Crippen LogP contribution in [0.4, 0.5) is 18.9 Å². The highest BCUT2D eigenvalue weighted by Crippen LogP contribution is 2.39. The summed E-state index contributed by atoms with van der Waals surface area (Å²) in [6, 6.07) is 11.0. The fourth-order valence-electron chi connectivity index (χ4n) is 3.85. The van der Waals surface area contributed by atoms with Crippen molar-refractivity contribution in [1.29, 1.82) is 0 Å². The monoisotopic (exact) mass is 563 g/mol. The first-order valence-corrected chi connectivity index (χ1v) is 16.2. The van der Waals surface area contributed by atoms with Gasteiger partial charge in [0.25, 0.3) is 5.91 Å². The predicted molar refractivity (Wildman–Crippen MR) is 153 cm³/mol. The van der Waals surface area contributed by atoms with Crippen LogP contribution in [0.1, 0.15) is 82.8 Å². The first-order valence-electron chi connectivity index (χ1n) is 13.3. The van der Waals surface area contributed by atoms with Gasteiger partial charge >= 0.3 is 13.3 Å². The number of carbonyl (C=O) groups excluding carboxylic acids is 1. The van der Waals surface area contributed by atoms with Crippen molar-refractivity contribution in [3.63, 3.8) is 0 Å². The Morgan fingerprint density at radius 1 is 1.00 bits per heavy atom. The third kappa shape index (κ3) is 6.78. The van der Waals surface area contributed by atoms with Gasteiger partial charge in [0.15, 0.2) is 8.32 Å². The Balaban J connectivity index is 1.95. The molecule has 214 valence electrons. The molecule has 1 amide bonds. The highest BCUT2D eigenvalue weighted by molar-refractivity contribution is 6.74. The van der Waals surface area contributed by atoms with Crippen LogP contribution in [0.3, 0.4) is 0 Å². The van der Waals surface area contributed by atoms with Gasteiger partial charge in [-0.05, 0) is 87.5 Å². The Kier molecular flexibility index (Phi) is 8.60. The molecule has 1 aliphatic heterocycles. The third-order valence-electron chi connectivity index (χ3n) is 8.52. The summed E-state index contributed by atoms with van der Waals surface area (Å²) in [5, 5.41) is 2.93. The van der Waals surface area contributed by atoms with Crippen molar-refractivity contribution in [3.8, 4) is 0 Å². The Hall–Kier alpha value is -2.14. The minimum Gasteiger partial charge on any atom is -0.412 e. The molecule has 0 spiro atoms. The molecule has 5 nitrogen and oxygen atoms in total. The molecule has 3 rings (SSSR count). The van der Waals surface area contributed by atoms with Gasteiger partial charge in [-0.2, -0.15) is 13.2 Å². The lowest BCUT2D eigenvalue weighted by atomic mass is 9.75. The molecule has 0 bridgehead atoms. The molecule has 1 atom stereocenters. The van der Waals surface area contributed by atoms with E-state index in [-0.39, 0.29) is 22.8 Å². The minimum absolute atomic E-state index is 0.0228. The van der Waals surface area contributed by atoms with Crippen molar-refractivity contribution in [1.82, 2.24) is 0 Å². The van der Waals surface area contributed by atoms with Crippen LogP contribution in [0, 0.1) is 0 Å². The number of rotatable bonds is 7. The van der Waals surface area contributed by atoms with E-state index in [1.165, 1.54) is 24.3 Å². The average Bonchev–Trinajstić information content (AvgIpc) is 3.02. The molecule has 1 aliphatic rings. The predicted octanol–water partition coefficient (Wildman–Crippen LogP) is 7.43.